The van der Waals surface area contributed by atoms with Crippen molar-refractivity contribution >= 4 is 0 Å². The molecule has 1 atom stereocenters. The van der Waals surface area contributed by atoms with Gasteiger partial charge in [-0.3, -0.25) is 0 Å². The van der Waals surface area contributed by atoms with Crippen molar-refractivity contribution in [3.8, 4) is 0 Å². The van der Waals surface area contributed by atoms with Crippen LogP contribution >= 0.6 is 0 Å². The summed E-state index contributed by atoms with van der Waals surface area (Å²) in [5, 5.41) is 8.65. The zero-order chi connectivity index (χ0) is 9.68. The molecule has 1 fully saturated rings. The lowest BCUT2D eigenvalue weighted by atomic mass is 9.83. The molecule has 1 saturated carbocycles. The molecular formula is C11H17FO. The Kier molecular flexibility index (Phi) is 4.16. The summed E-state index contributed by atoms with van der Waals surface area (Å²) < 4.78 is 13.0. The lowest BCUT2D eigenvalue weighted by molar-refractivity contribution is 0.289. The van der Waals surface area contributed by atoms with E-state index in [1.165, 1.54) is 0 Å². The van der Waals surface area contributed by atoms with Crippen LogP contribution in [0.3, 0.4) is 0 Å². The molecule has 0 aromatic carbocycles. The Morgan fingerprint density at radius 3 is 3.08 bits per heavy atom. The quantitative estimate of drug-likeness (QED) is 0.668. The van der Waals surface area contributed by atoms with Crippen molar-refractivity contribution in [1.82, 2.24) is 0 Å². The zero-order valence-corrected chi connectivity index (χ0v) is 7.93. The third-order valence-corrected chi connectivity index (χ3v) is 2.65. The summed E-state index contributed by atoms with van der Waals surface area (Å²) in [6, 6.07) is 0. The van der Waals surface area contributed by atoms with Crippen molar-refractivity contribution in [2.75, 3.05) is 6.61 Å². The Balaban J connectivity index is 2.55. The maximum Gasteiger partial charge on any atom is 0.125 e. The molecule has 0 spiro atoms. The van der Waals surface area contributed by atoms with E-state index in [4.69, 9.17) is 5.11 Å². The van der Waals surface area contributed by atoms with Gasteiger partial charge in [0.15, 0.2) is 0 Å². The van der Waals surface area contributed by atoms with Gasteiger partial charge in [0, 0.05) is 0 Å². The standard InChI is InChI=1S/C11H17FO/c1-2-4-9-5-3-6-10(7-9)11(12)8-13/h2,9,13H,1,3-8H2/b11-10+. The first-order valence-electron chi connectivity index (χ1n) is 4.86. The number of allylic oxidation sites excluding steroid dienone is 2. The molecule has 0 saturated heterocycles. The van der Waals surface area contributed by atoms with E-state index in [9.17, 15) is 4.39 Å². The van der Waals surface area contributed by atoms with E-state index in [1.54, 1.807) is 0 Å². The van der Waals surface area contributed by atoms with Crippen LogP contribution < -0.4 is 0 Å². The van der Waals surface area contributed by atoms with Gasteiger partial charge in [-0.15, -0.1) is 6.58 Å². The van der Waals surface area contributed by atoms with Crippen molar-refractivity contribution in [3.63, 3.8) is 0 Å². The van der Waals surface area contributed by atoms with Crippen molar-refractivity contribution in [1.29, 1.82) is 0 Å². The van der Waals surface area contributed by atoms with Gasteiger partial charge in [-0.1, -0.05) is 6.08 Å². The minimum atomic E-state index is -0.434. The van der Waals surface area contributed by atoms with E-state index in [0.717, 1.165) is 37.7 Å². The smallest absolute Gasteiger partial charge is 0.125 e. The van der Waals surface area contributed by atoms with Crippen molar-refractivity contribution in [2.24, 2.45) is 5.92 Å². The van der Waals surface area contributed by atoms with Crippen LogP contribution in [0, 0.1) is 5.92 Å². The summed E-state index contributed by atoms with van der Waals surface area (Å²) in [7, 11) is 0. The molecule has 0 aromatic heterocycles. The molecule has 0 aromatic rings. The molecule has 0 amide bonds. The SMILES string of the molecule is C=CCC1CCC/C(=C(\F)CO)C1. The molecule has 0 aliphatic heterocycles. The van der Waals surface area contributed by atoms with Crippen LogP contribution in [-0.2, 0) is 0 Å². The molecule has 1 aliphatic carbocycles. The summed E-state index contributed by atoms with van der Waals surface area (Å²) in [5.74, 6) is 0.229. The summed E-state index contributed by atoms with van der Waals surface area (Å²) in [6.07, 6.45) is 6.68. The highest BCUT2D eigenvalue weighted by Crippen LogP contribution is 2.32. The van der Waals surface area contributed by atoms with Crippen LogP contribution in [0.2, 0.25) is 0 Å². The van der Waals surface area contributed by atoms with Gasteiger partial charge in [0.2, 0.25) is 0 Å². The van der Waals surface area contributed by atoms with E-state index in [2.05, 4.69) is 6.58 Å². The lowest BCUT2D eigenvalue weighted by Crippen LogP contribution is -2.09. The molecular weight excluding hydrogens is 167 g/mol. The largest absolute Gasteiger partial charge is 0.389 e. The summed E-state index contributed by atoms with van der Waals surface area (Å²) in [6.45, 7) is 3.25. The average Bonchev–Trinajstić information content (AvgIpc) is 2.18. The van der Waals surface area contributed by atoms with Crippen LogP contribution in [0.5, 0.6) is 0 Å². The van der Waals surface area contributed by atoms with E-state index >= 15 is 0 Å². The number of rotatable bonds is 3. The topological polar surface area (TPSA) is 20.2 Å². The average molecular weight is 184 g/mol. The van der Waals surface area contributed by atoms with Gasteiger partial charge >= 0.3 is 0 Å². The Hall–Kier alpha value is -0.630. The summed E-state index contributed by atoms with van der Waals surface area (Å²) >= 11 is 0. The Morgan fingerprint density at radius 1 is 1.69 bits per heavy atom. The van der Waals surface area contributed by atoms with Gasteiger partial charge in [-0.25, -0.2) is 4.39 Å². The fraction of sp³-hybridized carbons (Fsp3) is 0.636. The first-order chi connectivity index (χ1) is 6.27. The highest BCUT2D eigenvalue weighted by Gasteiger charge is 2.18. The molecule has 2 heteroatoms. The van der Waals surface area contributed by atoms with Crippen molar-refractivity contribution in [3.05, 3.63) is 24.1 Å². The zero-order valence-electron chi connectivity index (χ0n) is 7.93. The predicted molar refractivity (Wildman–Crippen MR) is 52.0 cm³/mol. The number of hydrogen-bond acceptors (Lipinski definition) is 1. The second kappa shape index (κ2) is 5.18. The van der Waals surface area contributed by atoms with Gasteiger partial charge in [0.25, 0.3) is 0 Å². The molecule has 1 unspecified atom stereocenters. The van der Waals surface area contributed by atoms with E-state index < -0.39 is 6.61 Å². The fourth-order valence-electron chi connectivity index (χ4n) is 1.95. The summed E-state index contributed by atoms with van der Waals surface area (Å²) in [5.41, 5.74) is 0.820. The molecule has 0 radical (unpaired) electrons. The minimum Gasteiger partial charge on any atom is -0.389 e. The van der Waals surface area contributed by atoms with E-state index in [1.807, 2.05) is 6.08 Å². The maximum absolute atomic E-state index is 13.0. The van der Waals surface area contributed by atoms with Crippen LogP contribution in [0.25, 0.3) is 0 Å². The van der Waals surface area contributed by atoms with Crippen LogP contribution in [0.15, 0.2) is 24.1 Å². The Bertz CT molecular complexity index is 208. The molecule has 1 N–H and O–H groups in total. The lowest BCUT2D eigenvalue weighted by Gasteiger charge is -2.23. The highest BCUT2D eigenvalue weighted by molar-refractivity contribution is 5.11. The molecule has 0 heterocycles. The van der Waals surface area contributed by atoms with Gasteiger partial charge in [-0.05, 0) is 43.6 Å². The van der Waals surface area contributed by atoms with E-state index in [-0.39, 0.29) is 5.83 Å². The van der Waals surface area contributed by atoms with Gasteiger partial charge < -0.3 is 5.11 Å². The number of hydrogen-bond donors (Lipinski definition) is 1. The number of halogens is 1. The number of aliphatic hydroxyl groups is 1. The molecule has 13 heavy (non-hydrogen) atoms. The first-order valence-corrected chi connectivity index (χ1v) is 4.86. The Labute approximate surface area is 79.0 Å². The second-order valence-electron chi connectivity index (χ2n) is 3.65. The molecule has 0 bridgehead atoms. The minimum absolute atomic E-state index is 0.311. The van der Waals surface area contributed by atoms with Gasteiger partial charge in [-0.2, -0.15) is 0 Å². The summed E-state index contributed by atoms with van der Waals surface area (Å²) in [4.78, 5) is 0. The first kappa shape index (κ1) is 10.5. The normalized spacial score (nSPS) is 27.1. The number of aliphatic hydroxyl groups excluding tert-OH is 1. The Morgan fingerprint density at radius 2 is 2.46 bits per heavy atom. The third-order valence-electron chi connectivity index (χ3n) is 2.65. The van der Waals surface area contributed by atoms with Crippen LogP contribution in [0.1, 0.15) is 32.1 Å². The fourth-order valence-corrected chi connectivity index (χ4v) is 1.95. The maximum atomic E-state index is 13.0. The van der Waals surface area contributed by atoms with Crippen molar-refractivity contribution in [2.45, 2.75) is 32.1 Å². The van der Waals surface area contributed by atoms with Crippen LogP contribution in [0.4, 0.5) is 4.39 Å². The van der Waals surface area contributed by atoms with Crippen molar-refractivity contribution < 1.29 is 9.50 Å². The second-order valence-corrected chi connectivity index (χ2v) is 3.65. The van der Waals surface area contributed by atoms with Crippen LogP contribution in [-0.4, -0.2) is 11.7 Å². The predicted octanol–water partition coefficient (Wildman–Crippen LogP) is 2.97. The molecule has 1 rings (SSSR count). The monoisotopic (exact) mass is 184 g/mol. The molecule has 1 aliphatic rings. The van der Waals surface area contributed by atoms with Gasteiger partial charge in [0.1, 0.15) is 5.83 Å². The third kappa shape index (κ3) is 2.96. The molecule has 1 nitrogen and oxygen atoms in total. The van der Waals surface area contributed by atoms with Gasteiger partial charge in [0.05, 0.1) is 6.61 Å². The molecule has 74 valence electrons. The highest BCUT2D eigenvalue weighted by atomic mass is 19.1. The van der Waals surface area contributed by atoms with E-state index in [0.29, 0.717) is 5.92 Å².